The lowest BCUT2D eigenvalue weighted by atomic mass is 9.86. The minimum Gasteiger partial charge on any atom is -0.457 e. The maximum Gasteiger partial charge on any atom is 0.262 e. The van der Waals surface area contributed by atoms with Gasteiger partial charge in [0.1, 0.15) is 34.6 Å². The maximum atomic E-state index is 13.4. The number of piperidine rings is 4. The van der Waals surface area contributed by atoms with E-state index in [2.05, 4.69) is 30.0 Å². The molecule has 2 atom stereocenters. The molecule has 3 aromatic carbocycles. The highest BCUT2D eigenvalue weighted by atomic mass is 16.5. The topological polar surface area (TPSA) is 175 Å². The summed E-state index contributed by atoms with van der Waals surface area (Å²) in [5, 5.41) is 10.8. The SMILES string of the molecule is NC(=O)c1c(-c2ccc(Oc3ccccc3)cc2)nn2c1NCC[C@H]2C1CCN(CC2CCN(CC3CCN(c4ccc5c(c4)C(=O)N(C4CCC(=O)NC4=O)C5=O)CC3)CC2)CC1. The molecule has 15 nitrogen and oxygen atoms in total. The zero-order chi connectivity index (χ0) is 43.9. The molecule has 5 amide bonds. The van der Waals surface area contributed by atoms with Crippen LogP contribution in [0, 0.1) is 17.8 Å². The summed E-state index contributed by atoms with van der Waals surface area (Å²) in [6, 6.07) is 22.0. The number of carbonyl (C=O) groups is 5. The lowest BCUT2D eigenvalue weighted by molar-refractivity contribution is -0.136. The predicted molar refractivity (Wildman–Crippen MR) is 241 cm³/mol. The van der Waals surface area contributed by atoms with Crippen LogP contribution >= 0.6 is 0 Å². The quantitative estimate of drug-likeness (QED) is 0.162. The molecule has 4 aromatic rings. The third-order valence-corrected chi connectivity index (χ3v) is 14.6. The molecule has 1 aromatic heterocycles. The van der Waals surface area contributed by atoms with Crippen molar-refractivity contribution >= 4 is 41.0 Å². The average Bonchev–Trinajstić information content (AvgIpc) is 3.83. The van der Waals surface area contributed by atoms with E-state index in [0.29, 0.717) is 45.9 Å². The molecule has 0 radical (unpaired) electrons. The molecule has 0 saturated carbocycles. The molecule has 64 heavy (non-hydrogen) atoms. The average molecular weight is 868 g/mol. The van der Waals surface area contributed by atoms with Gasteiger partial charge in [-0.25, -0.2) is 4.68 Å². The first-order valence-corrected chi connectivity index (χ1v) is 23.2. The minimum atomic E-state index is -0.959. The van der Waals surface area contributed by atoms with E-state index in [4.69, 9.17) is 15.6 Å². The van der Waals surface area contributed by atoms with Crippen molar-refractivity contribution in [3.05, 3.63) is 89.5 Å². The van der Waals surface area contributed by atoms with E-state index >= 15 is 0 Å². The number of anilines is 2. The van der Waals surface area contributed by atoms with Gasteiger partial charge in [0.15, 0.2) is 0 Å². The Kier molecular flexibility index (Phi) is 11.7. The molecule has 0 spiro atoms. The fourth-order valence-electron chi connectivity index (χ4n) is 11.1. The predicted octanol–water partition coefficient (Wildman–Crippen LogP) is 5.54. The van der Waals surface area contributed by atoms with Crippen molar-refractivity contribution in [3.63, 3.8) is 0 Å². The van der Waals surface area contributed by atoms with E-state index in [1.807, 2.05) is 60.7 Å². The van der Waals surface area contributed by atoms with Crippen molar-refractivity contribution in [2.24, 2.45) is 23.5 Å². The Morgan fingerprint density at radius 1 is 0.719 bits per heavy atom. The summed E-state index contributed by atoms with van der Waals surface area (Å²) < 4.78 is 8.06. The highest BCUT2D eigenvalue weighted by Crippen LogP contribution is 2.41. The lowest BCUT2D eigenvalue weighted by Gasteiger charge is -2.41. The molecule has 7 heterocycles. The standard InChI is InChI=1S/C49H57N9O6/c50-45(60)43-44(34-6-9-37(10-7-34)64-36-4-2-1-3-5-36)53-58-40(14-21-51-46(43)58)33-19-24-55(25-20-33)29-31-15-22-54(23-16-31)30-32-17-26-56(27-18-32)35-8-11-38-39(28-35)49(63)57(48(38)62)41-12-13-42(59)52-47(41)61/h1-11,28,31-33,40-41,51H,12-27,29-30H2,(H2,50,60)(H,52,59,61)/t40-,41?/m0/s1. The van der Waals surface area contributed by atoms with Gasteiger partial charge in [0.05, 0.1) is 17.2 Å². The van der Waals surface area contributed by atoms with Crippen LogP contribution in [0.5, 0.6) is 11.5 Å². The minimum absolute atomic E-state index is 0.103. The van der Waals surface area contributed by atoms with E-state index in [1.165, 1.54) is 12.8 Å². The number of amides is 5. The molecule has 1 unspecified atom stereocenters. The summed E-state index contributed by atoms with van der Waals surface area (Å²) in [6.45, 7) is 9.26. The van der Waals surface area contributed by atoms with Crippen molar-refractivity contribution in [2.45, 2.75) is 69.9 Å². The zero-order valence-electron chi connectivity index (χ0n) is 36.3. The fraction of sp³-hybridized carbons (Fsp3) is 0.469. The Morgan fingerprint density at radius 2 is 1.36 bits per heavy atom. The van der Waals surface area contributed by atoms with Crippen molar-refractivity contribution < 1.29 is 28.7 Å². The van der Waals surface area contributed by atoms with Gasteiger partial charge in [-0.15, -0.1) is 0 Å². The first kappa shape index (κ1) is 41.9. The molecule has 4 fully saturated rings. The highest BCUT2D eigenvalue weighted by molar-refractivity contribution is 6.23. The molecule has 0 aliphatic carbocycles. The van der Waals surface area contributed by atoms with Crippen LogP contribution in [0.3, 0.4) is 0 Å². The third kappa shape index (κ3) is 8.38. The van der Waals surface area contributed by atoms with Gasteiger partial charge in [-0.3, -0.25) is 34.2 Å². The van der Waals surface area contributed by atoms with Gasteiger partial charge in [0.25, 0.3) is 17.7 Å². The van der Waals surface area contributed by atoms with Crippen molar-refractivity contribution in [1.29, 1.82) is 0 Å². The van der Waals surface area contributed by atoms with Gasteiger partial charge >= 0.3 is 0 Å². The van der Waals surface area contributed by atoms with Crippen LogP contribution < -0.4 is 26.0 Å². The Morgan fingerprint density at radius 3 is 2.03 bits per heavy atom. The smallest absolute Gasteiger partial charge is 0.262 e. The lowest BCUT2D eigenvalue weighted by Crippen LogP contribution is -2.54. The summed E-state index contributed by atoms with van der Waals surface area (Å²) in [5.41, 5.74) is 9.48. The molecule has 6 aliphatic heterocycles. The number of hydrogen-bond acceptors (Lipinski definition) is 11. The van der Waals surface area contributed by atoms with E-state index in [9.17, 15) is 24.0 Å². The zero-order valence-corrected chi connectivity index (χ0v) is 36.3. The maximum absolute atomic E-state index is 13.4. The second kappa shape index (κ2) is 17.8. The van der Waals surface area contributed by atoms with Gasteiger partial charge in [0.2, 0.25) is 11.8 Å². The molecule has 15 heteroatoms. The largest absolute Gasteiger partial charge is 0.457 e. The third-order valence-electron chi connectivity index (χ3n) is 14.6. The molecule has 10 rings (SSSR count). The molecule has 6 aliphatic rings. The number of para-hydroxylation sites is 1. The van der Waals surface area contributed by atoms with E-state index < -0.39 is 29.7 Å². The number of ether oxygens (including phenoxy) is 1. The number of primary amides is 1. The van der Waals surface area contributed by atoms with E-state index in [1.54, 1.807) is 12.1 Å². The molecule has 4 saturated heterocycles. The first-order chi connectivity index (χ1) is 31.2. The number of nitrogens with two attached hydrogens (primary N) is 1. The van der Waals surface area contributed by atoms with Gasteiger partial charge in [-0.2, -0.15) is 5.10 Å². The summed E-state index contributed by atoms with van der Waals surface area (Å²) in [6.07, 6.45) is 8.01. The first-order valence-electron chi connectivity index (χ1n) is 23.2. The monoisotopic (exact) mass is 867 g/mol. The van der Waals surface area contributed by atoms with E-state index in [0.717, 1.165) is 119 Å². The summed E-state index contributed by atoms with van der Waals surface area (Å²) >= 11 is 0. The van der Waals surface area contributed by atoms with Crippen LogP contribution in [0.1, 0.15) is 94.9 Å². The van der Waals surface area contributed by atoms with Crippen LogP contribution in [0.2, 0.25) is 0 Å². The van der Waals surface area contributed by atoms with Crippen LogP contribution in [-0.4, -0.2) is 119 Å². The number of rotatable bonds is 11. The number of nitrogens with one attached hydrogen (secondary N) is 2. The number of carbonyl (C=O) groups excluding carboxylic acids is 5. The Bertz CT molecular complexity index is 2410. The van der Waals surface area contributed by atoms with Crippen LogP contribution in [0.4, 0.5) is 11.5 Å². The number of fused-ring (bicyclic) bond motifs is 2. The van der Waals surface area contributed by atoms with Crippen LogP contribution in [0.15, 0.2) is 72.8 Å². The molecule has 0 bridgehead atoms. The number of nitrogens with zero attached hydrogens (tertiary/aromatic N) is 6. The second-order valence-corrected chi connectivity index (χ2v) is 18.6. The molecular weight excluding hydrogens is 811 g/mol. The summed E-state index contributed by atoms with van der Waals surface area (Å²) in [4.78, 5) is 72.3. The van der Waals surface area contributed by atoms with Crippen LogP contribution in [0.25, 0.3) is 11.3 Å². The van der Waals surface area contributed by atoms with Gasteiger partial charge < -0.3 is 30.5 Å². The number of imide groups is 2. The molecule has 334 valence electrons. The number of hydrogen-bond donors (Lipinski definition) is 3. The van der Waals surface area contributed by atoms with Gasteiger partial charge in [0, 0.05) is 50.4 Å². The fourth-order valence-corrected chi connectivity index (χ4v) is 11.1. The Hall–Kier alpha value is -6.06. The van der Waals surface area contributed by atoms with Crippen molar-refractivity contribution in [3.8, 4) is 22.8 Å². The van der Waals surface area contributed by atoms with Gasteiger partial charge in [-0.1, -0.05) is 18.2 Å². The van der Waals surface area contributed by atoms with Gasteiger partial charge in [-0.05, 0) is 150 Å². The summed E-state index contributed by atoms with van der Waals surface area (Å²) in [5.74, 6) is 1.62. The van der Waals surface area contributed by atoms with Crippen molar-refractivity contribution in [2.75, 3.05) is 69.1 Å². The second-order valence-electron chi connectivity index (χ2n) is 18.6. The number of benzene rings is 3. The Balaban J connectivity index is 0.677. The molecular formula is C49H57N9O6. The van der Waals surface area contributed by atoms with E-state index in [-0.39, 0.29) is 24.8 Å². The number of aromatic nitrogens is 2. The molecule has 4 N–H and O–H groups in total. The normalized spacial score (nSPS) is 22.9. The Labute approximate surface area is 373 Å². The summed E-state index contributed by atoms with van der Waals surface area (Å²) in [7, 11) is 0. The van der Waals surface area contributed by atoms with Crippen LogP contribution in [-0.2, 0) is 9.59 Å². The highest BCUT2D eigenvalue weighted by Gasteiger charge is 2.45. The van der Waals surface area contributed by atoms with Crippen molar-refractivity contribution in [1.82, 2.24) is 29.8 Å². The number of likely N-dealkylation sites (tertiary alicyclic amines) is 2.